The van der Waals surface area contributed by atoms with E-state index in [2.05, 4.69) is 11.4 Å². The standard InChI is InChI=1S/C23H21FN2O2/c24-19-10-8-17(9-11-19)16-28-21-6-3-5-20(14-21)25-15-23(27)26-13-12-18-4-1-2-7-22(18)26/h1-11,14,25H,12-13,15-16H2. The lowest BCUT2D eigenvalue weighted by molar-refractivity contribution is -0.116. The molecule has 3 aromatic carbocycles. The van der Waals surface area contributed by atoms with Gasteiger partial charge in [-0.3, -0.25) is 4.79 Å². The molecule has 4 rings (SSSR count). The van der Waals surface area contributed by atoms with Crippen LogP contribution in [0.15, 0.2) is 72.8 Å². The number of benzene rings is 3. The molecule has 0 radical (unpaired) electrons. The number of anilines is 2. The minimum atomic E-state index is -0.264. The van der Waals surface area contributed by atoms with Crippen LogP contribution in [-0.2, 0) is 17.8 Å². The number of amides is 1. The SMILES string of the molecule is O=C(CNc1cccc(OCc2ccc(F)cc2)c1)N1CCc2ccccc21. The number of halogens is 1. The first kappa shape index (κ1) is 18.0. The van der Waals surface area contributed by atoms with Crippen molar-refractivity contribution in [2.45, 2.75) is 13.0 Å². The Kier molecular flexibility index (Phi) is 5.24. The molecule has 1 aliphatic rings. The number of fused-ring (bicyclic) bond motifs is 1. The summed E-state index contributed by atoms with van der Waals surface area (Å²) in [7, 11) is 0. The molecule has 5 heteroatoms. The van der Waals surface area contributed by atoms with E-state index >= 15 is 0 Å². The summed E-state index contributed by atoms with van der Waals surface area (Å²) in [6.45, 7) is 1.30. The molecule has 0 spiro atoms. The number of nitrogens with zero attached hydrogens (tertiary/aromatic N) is 1. The molecule has 142 valence electrons. The summed E-state index contributed by atoms with van der Waals surface area (Å²) >= 11 is 0. The Morgan fingerprint density at radius 1 is 1.04 bits per heavy atom. The van der Waals surface area contributed by atoms with Gasteiger partial charge in [0.15, 0.2) is 0 Å². The highest BCUT2D eigenvalue weighted by Gasteiger charge is 2.23. The summed E-state index contributed by atoms with van der Waals surface area (Å²) in [5.74, 6) is 0.469. The number of nitrogens with one attached hydrogen (secondary N) is 1. The van der Waals surface area contributed by atoms with E-state index in [9.17, 15) is 9.18 Å². The zero-order valence-corrected chi connectivity index (χ0v) is 15.4. The fourth-order valence-electron chi connectivity index (χ4n) is 3.31. The quantitative estimate of drug-likeness (QED) is 0.693. The van der Waals surface area contributed by atoms with E-state index in [4.69, 9.17) is 4.74 Å². The van der Waals surface area contributed by atoms with Gasteiger partial charge in [-0.2, -0.15) is 0 Å². The van der Waals surface area contributed by atoms with Crippen molar-refractivity contribution >= 4 is 17.3 Å². The maximum Gasteiger partial charge on any atom is 0.246 e. The number of ether oxygens (including phenoxy) is 1. The van der Waals surface area contributed by atoms with E-state index in [0.29, 0.717) is 12.4 Å². The topological polar surface area (TPSA) is 41.6 Å². The maximum atomic E-state index is 13.0. The van der Waals surface area contributed by atoms with Crippen LogP contribution in [-0.4, -0.2) is 19.0 Å². The molecule has 1 N–H and O–H groups in total. The fourth-order valence-corrected chi connectivity index (χ4v) is 3.31. The van der Waals surface area contributed by atoms with Crippen LogP contribution in [0.25, 0.3) is 0 Å². The van der Waals surface area contributed by atoms with Gasteiger partial charge in [0.05, 0.1) is 6.54 Å². The molecule has 0 fully saturated rings. The Labute approximate surface area is 163 Å². The number of hydrogen-bond acceptors (Lipinski definition) is 3. The fraction of sp³-hybridized carbons (Fsp3) is 0.174. The average Bonchev–Trinajstić information content (AvgIpc) is 3.16. The third-order valence-corrected chi connectivity index (χ3v) is 4.78. The van der Waals surface area contributed by atoms with Crippen LogP contribution in [0.4, 0.5) is 15.8 Å². The molecule has 1 aliphatic heterocycles. The number of hydrogen-bond donors (Lipinski definition) is 1. The first-order valence-electron chi connectivity index (χ1n) is 9.28. The van der Waals surface area contributed by atoms with Gasteiger partial charge in [-0.25, -0.2) is 4.39 Å². The molecule has 0 atom stereocenters. The number of carbonyl (C=O) groups excluding carboxylic acids is 1. The first-order chi connectivity index (χ1) is 13.7. The lowest BCUT2D eigenvalue weighted by Crippen LogP contribution is -2.34. The molecule has 3 aromatic rings. The highest BCUT2D eigenvalue weighted by molar-refractivity contribution is 5.98. The first-order valence-corrected chi connectivity index (χ1v) is 9.28. The highest BCUT2D eigenvalue weighted by Crippen LogP contribution is 2.27. The Morgan fingerprint density at radius 3 is 2.71 bits per heavy atom. The van der Waals surface area contributed by atoms with Crippen molar-refractivity contribution in [2.75, 3.05) is 23.3 Å². The van der Waals surface area contributed by atoms with Crippen molar-refractivity contribution in [1.82, 2.24) is 0 Å². The predicted molar refractivity (Wildman–Crippen MR) is 108 cm³/mol. The van der Waals surface area contributed by atoms with E-state index in [0.717, 1.165) is 29.9 Å². The summed E-state index contributed by atoms with van der Waals surface area (Å²) in [5, 5.41) is 3.18. The molecule has 0 saturated heterocycles. The Balaban J connectivity index is 1.33. The van der Waals surface area contributed by atoms with E-state index in [1.807, 2.05) is 47.4 Å². The molecular formula is C23H21FN2O2. The van der Waals surface area contributed by atoms with Crippen molar-refractivity contribution in [3.8, 4) is 5.75 Å². The molecule has 1 heterocycles. The second-order valence-electron chi connectivity index (χ2n) is 6.72. The van der Waals surface area contributed by atoms with Crippen molar-refractivity contribution in [1.29, 1.82) is 0 Å². The second-order valence-corrected chi connectivity index (χ2v) is 6.72. The van der Waals surface area contributed by atoms with Crippen LogP contribution < -0.4 is 15.0 Å². The van der Waals surface area contributed by atoms with Crippen molar-refractivity contribution in [2.24, 2.45) is 0 Å². The smallest absolute Gasteiger partial charge is 0.246 e. The van der Waals surface area contributed by atoms with E-state index in [1.54, 1.807) is 12.1 Å². The molecule has 28 heavy (non-hydrogen) atoms. The lowest BCUT2D eigenvalue weighted by atomic mass is 10.2. The molecule has 1 amide bonds. The largest absolute Gasteiger partial charge is 0.489 e. The Hall–Kier alpha value is -3.34. The van der Waals surface area contributed by atoms with Crippen LogP contribution in [0.5, 0.6) is 5.75 Å². The average molecular weight is 376 g/mol. The minimum Gasteiger partial charge on any atom is -0.489 e. The van der Waals surface area contributed by atoms with Gasteiger partial charge in [0.1, 0.15) is 18.2 Å². The predicted octanol–water partition coefficient (Wildman–Crippen LogP) is 4.41. The molecule has 0 unspecified atom stereocenters. The summed E-state index contributed by atoms with van der Waals surface area (Å²) in [5.41, 5.74) is 3.93. The third kappa shape index (κ3) is 4.14. The minimum absolute atomic E-state index is 0.0441. The van der Waals surface area contributed by atoms with Crippen LogP contribution in [0, 0.1) is 5.82 Å². The van der Waals surface area contributed by atoms with Crippen molar-refractivity contribution in [3.63, 3.8) is 0 Å². The normalized spacial score (nSPS) is 12.5. The zero-order valence-electron chi connectivity index (χ0n) is 15.4. The van der Waals surface area contributed by atoms with E-state index < -0.39 is 0 Å². The van der Waals surface area contributed by atoms with Crippen LogP contribution in [0.2, 0.25) is 0 Å². The molecule has 4 nitrogen and oxygen atoms in total. The highest BCUT2D eigenvalue weighted by atomic mass is 19.1. The van der Waals surface area contributed by atoms with Crippen LogP contribution >= 0.6 is 0 Å². The van der Waals surface area contributed by atoms with E-state index in [-0.39, 0.29) is 18.3 Å². The van der Waals surface area contributed by atoms with Gasteiger partial charge in [-0.05, 0) is 47.9 Å². The Morgan fingerprint density at radius 2 is 1.86 bits per heavy atom. The Bertz CT molecular complexity index is 972. The third-order valence-electron chi connectivity index (χ3n) is 4.78. The van der Waals surface area contributed by atoms with Gasteiger partial charge < -0.3 is 15.0 Å². The summed E-state index contributed by atoms with van der Waals surface area (Å²) < 4.78 is 18.7. The molecule has 0 saturated carbocycles. The number of para-hydroxylation sites is 1. The van der Waals surface area contributed by atoms with Crippen molar-refractivity contribution in [3.05, 3.63) is 89.7 Å². The van der Waals surface area contributed by atoms with Gasteiger partial charge in [0, 0.05) is 24.0 Å². The zero-order chi connectivity index (χ0) is 19.3. The lowest BCUT2D eigenvalue weighted by Gasteiger charge is -2.18. The van der Waals surface area contributed by atoms with E-state index in [1.165, 1.54) is 17.7 Å². The van der Waals surface area contributed by atoms with Crippen molar-refractivity contribution < 1.29 is 13.9 Å². The maximum absolute atomic E-state index is 13.0. The van der Waals surface area contributed by atoms with Gasteiger partial charge in [0.2, 0.25) is 5.91 Å². The molecular weight excluding hydrogens is 355 g/mol. The molecule has 0 aliphatic carbocycles. The number of carbonyl (C=O) groups is 1. The van der Waals surface area contributed by atoms with Crippen LogP contribution in [0.3, 0.4) is 0 Å². The van der Waals surface area contributed by atoms with Gasteiger partial charge in [-0.15, -0.1) is 0 Å². The second kappa shape index (κ2) is 8.13. The van der Waals surface area contributed by atoms with Gasteiger partial charge in [-0.1, -0.05) is 36.4 Å². The molecule has 0 aromatic heterocycles. The number of rotatable bonds is 6. The van der Waals surface area contributed by atoms with Gasteiger partial charge >= 0.3 is 0 Å². The summed E-state index contributed by atoms with van der Waals surface area (Å²) in [4.78, 5) is 14.4. The van der Waals surface area contributed by atoms with Crippen LogP contribution in [0.1, 0.15) is 11.1 Å². The molecule has 0 bridgehead atoms. The summed E-state index contributed by atoms with van der Waals surface area (Å²) in [6, 6.07) is 21.7. The summed E-state index contributed by atoms with van der Waals surface area (Å²) in [6.07, 6.45) is 0.897. The van der Waals surface area contributed by atoms with Gasteiger partial charge in [0.25, 0.3) is 0 Å². The monoisotopic (exact) mass is 376 g/mol.